The zero-order chi connectivity index (χ0) is 30.4. The van der Waals surface area contributed by atoms with Crippen LogP contribution in [-0.2, 0) is 14.3 Å². The molecule has 9 atom stereocenters. The molecular formula is C36H59NO4. The van der Waals surface area contributed by atoms with Crippen LogP contribution in [0.3, 0.4) is 0 Å². The first-order chi connectivity index (χ1) is 18.9. The summed E-state index contributed by atoms with van der Waals surface area (Å²) in [6.07, 6.45) is 12.7. The van der Waals surface area contributed by atoms with E-state index in [-0.39, 0.29) is 56.9 Å². The van der Waals surface area contributed by atoms with Gasteiger partial charge in [0.2, 0.25) is 5.91 Å². The third kappa shape index (κ3) is 4.32. The van der Waals surface area contributed by atoms with Crippen molar-refractivity contribution in [1.29, 1.82) is 0 Å². The third-order valence-electron chi connectivity index (χ3n) is 14.5. The number of carbonyl (C=O) groups is 2. The van der Waals surface area contributed by atoms with Gasteiger partial charge < -0.3 is 15.2 Å². The van der Waals surface area contributed by atoms with Crippen LogP contribution in [0, 0.1) is 56.2 Å². The van der Waals surface area contributed by atoms with Crippen LogP contribution in [0.1, 0.15) is 127 Å². The molecule has 1 amide bonds. The fourth-order valence-corrected chi connectivity index (χ4v) is 11.5. The van der Waals surface area contributed by atoms with E-state index < -0.39 is 11.5 Å². The summed E-state index contributed by atoms with van der Waals surface area (Å²) < 4.78 is 5.10. The average Bonchev–Trinajstić information content (AvgIpc) is 2.89. The molecule has 232 valence electrons. The maximum absolute atomic E-state index is 14.4. The lowest BCUT2D eigenvalue weighted by atomic mass is 9.33. The van der Waals surface area contributed by atoms with Gasteiger partial charge in [-0.3, -0.25) is 4.79 Å². The predicted octanol–water partition coefficient (Wildman–Crippen LogP) is 7.46. The van der Waals surface area contributed by atoms with Crippen LogP contribution >= 0.6 is 0 Å². The Balaban J connectivity index is 1.55. The highest BCUT2D eigenvalue weighted by molar-refractivity contribution is 5.89. The summed E-state index contributed by atoms with van der Waals surface area (Å²) in [6, 6.07) is -0.617. The molecule has 0 radical (unpaired) electrons. The Kier molecular flexibility index (Phi) is 7.45. The van der Waals surface area contributed by atoms with Gasteiger partial charge in [-0.25, -0.2) is 4.79 Å². The molecule has 0 heterocycles. The molecule has 4 fully saturated rings. The number of aliphatic hydroxyl groups is 1. The standard InChI is InChI=1S/C36H59NO4/c1-22(2)28(29(39)41-10)37-30(40)36-19-17-31(3,4)21-24(36)23-11-12-26-33(7)15-14-27(38)32(5,6)25(33)13-16-35(26,9)34(23,8)18-20-36/h11,22,24-28,38H,12-21H2,1-10H3,(H,37,40)/t24?,25?,26?,27?,28?,33-,34+,35+,36-/m0/s1. The quantitative estimate of drug-likeness (QED) is 0.272. The first kappa shape index (κ1) is 31.1. The SMILES string of the molecule is COC(=O)C(NC(=O)[C@]12CCC(C)(C)CC1C1=CCC3[C@@]4(C)CCC(O)C(C)(C)C4CC[C@@]3(C)[C@]1(C)CC2)C(C)C. The highest BCUT2D eigenvalue weighted by atomic mass is 16.5. The number of fused-ring (bicyclic) bond motifs is 7. The number of rotatable bonds is 4. The zero-order valence-corrected chi connectivity index (χ0v) is 27.8. The Morgan fingerprint density at radius 2 is 1.59 bits per heavy atom. The van der Waals surface area contributed by atoms with Crippen LogP contribution in [-0.4, -0.2) is 36.2 Å². The van der Waals surface area contributed by atoms with Crippen LogP contribution in [0.2, 0.25) is 0 Å². The van der Waals surface area contributed by atoms with Gasteiger partial charge in [-0.2, -0.15) is 0 Å². The van der Waals surface area contributed by atoms with Crippen LogP contribution in [0.25, 0.3) is 0 Å². The second kappa shape index (κ2) is 9.83. The van der Waals surface area contributed by atoms with E-state index in [4.69, 9.17) is 4.74 Å². The van der Waals surface area contributed by atoms with Gasteiger partial charge in [0.25, 0.3) is 0 Å². The fourth-order valence-electron chi connectivity index (χ4n) is 11.5. The number of allylic oxidation sites excluding steroid dienone is 2. The molecule has 0 aromatic carbocycles. The topological polar surface area (TPSA) is 75.6 Å². The van der Waals surface area contributed by atoms with Crippen molar-refractivity contribution in [2.75, 3.05) is 7.11 Å². The summed E-state index contributed by atoms with van der Waals surface area (Å²) in [6.45, 7) is 21.0. The van der Waals surface area contributed by atoms with E-state index >= 15 is 0 Å². The summed E-state index contributed by atoms with van der Waals surface area (Å²) in [5.74, 6) is 0.994. The minimum Gasteiger partial charge on any atom is -0.467 e. The van der Waals surface area contributed by atoms with Crippen molar-refractivity contribution < 1.29 is 19.4 Å². The van der Waals surface area contributed by atoms with E-state index in [0.717, 1.165) is 51.4 Å². The van der Waals surface area contributed by atoms with Crippen LogP contribution < -0.4 is 5.32 Å². The van der Waals surface area contributed by atoms with Crippen LogP contribution in [0.4, 0.5) is 0 Å². The van der Waals surface area contributed by atoms with Crippen molar-refractivity contribution in [2.24, 2.45) is 56.2 Å². The normalized spacial score (nSPS) is 45.2. The monoisotopic (exact) mass is 569 g/mol. The second-order valence-corrected chi connectivity index (χ2v) is 17.5. The Bertz CT molecular complexity index is 1110. The van der Waals surface area contributed by atoms with Crippen molar-refractivity contribution in [3.05, 3.63) is 11.6 Å². The van der Waals surface area contributed by atoms with E-state index in [2.05, 4.69) is 59.9 Å². The Hall–Kier alpha value is -1.36. The van der Waals surface area contributed by atoms with Crippen molar-refractivity contribution in [1.82, 2.24) is 5.32 Å². The Labute approximate surface area is 250 Å². The molecule has 41 heavy (non-hydrogen) atoms. The van der Waals surface area contributed by atoms with Crippen molar-refractivity contribution in [2.45, 2.75) is 139 Å². The van der Waals surface area contributed by atoms with Gasteiger partial charge in [0.1, 0.15) is 6.04 Å². The summed E-state index contributed by atoms with van der Waals surface area (Å²) in [7, 11) is 1.41. The highest BCUT2D eigenvalue weighted by Crippen LogP contribution is 2.75. The lowest BCUT2D eigenvalue weighted by molar-refractivity contribution is -0.203. The molecule has 0 saturated heterocycles. The molecule has 5 rings (SSSR count). The highest BCUT2D eigenvalue weighted by Gasteiger charge is 2.69. The van der Waals surface area contributed by atoms with E-state index in [1.165, 1.54) is 20.0 Å². The number of amides is 1. The van der Waals surface area contributed by atoms with Gasteiger partial charge in [0.15, 0.2) is 0 Å². The minimum atomic E-state index is -0.617. The number of aliphatic hydroxyl groups excluding tert-OH is 1. The van der Waals surface area contributed by atoms with Crippen LogP contribution in [0.5, 0.6) is 0 Å². The number of esters is 1. The first-order valence-electron chi connectivity index (χ1n) is 16.7. The number of nitrogens with one attached hydrogen (secondary N) is 1. The van der Waals surface area contributed by atoms with Gasteiger partial charge in [-0.15, -0.1) is 0 Å². The van der Waals surface area contributed by atoms with Gasteiger partial charge >= 0.3 is 5.97 Å². The number of hydrogen-bond acceptors (Lipinski definition) is 4. The molecule has 5 unspecified atom stereocenters. The summed E-state index contributed by atoms with van der Waals surface area (Å²) in [5.41, 5.74) is 1.62. The Morgan fingerprint density at radius 3 is 2.22 bits per heavy atom. The first-order valence-corrected chi connectivity index (χ1v) is 16.7. The second-order valence-electron chi connectivity index (χ2n) is 17.5. The minimum absolute atomic E-state index is 0.0297. The lowest BCUT2D eigenvalue weighted by Gasteiger charge is -2.71. The molecule has 0 aromatic rings. The molecule has 0 bridgehead atoms. The fraction of sp³-hybridized carbons (Fsp3) is 0.889. The molecule has 5 aliphatic carbocycles. The largest absolute Gasteiger partial charge is 0.467 e. The van der Waals surface area contributed by atoms with Crippen molar-refractivity contribution in [3.8, 4) is 0 Å². The summed E-state index contributed by atoms with van der Waals surface area (Å²) in [4.78, 5) is 27.1. The molecule has 0 spiro atoms. The predicted molar refractivity (Wildman–Crippen MR) is 164 cm³/mol. The third-order valence-corrected chi connectivity index (χ3v) is 14.5. The van der Waals surface area contributed by atoms with Gasteiger partial charge in [-0.05, 0) is 115 Å². The van der Waals surface area contributed by atoms with E-state index in [1.807, 2.05) is 13.8 Å². The summed E-state index contributed by atoms with van der Waals surface area (Å²) >= 11 is 0. The molecule has 5 aliphatic rings. The number of ether oxygens (including phenoxy) is 1. The molecule has 0 aliphatic heterocycles. The number of methoxy groups -OCH3 is 1. The molecule has 5 nitrogen and oxygen atoms in total. The van der Waals surface area contributed by atoms with Crippen molar-refractivity contribution >= 4 is 11.9 Å². The average molecular weight is 570 g/mol. The molecule has 5 heteroatoms. The van der Waals surface area contributed by atoms with Crippen molar-refractivity contribution in [3.63, 3.8) is 0 Å². The zero-order valence-electron chi connectivity index (χ0n) is 27.8. The Morgan fingerprint density at radius 1 is 0.927 bits per heavy atom. The van der Waals surface area contributed by atoms with E-state index in [0.29, 0.717) is 11.8 Å². The maximum atomic E-state index is 14.4. The molecular weight excluding hydrogens is 510 g/mol. The van der Waals surface area contributed by atoms with E-state index in [9.17, 15) is 14.7 Å². The maximum Gasteiger partial charge on any atom is 0.328 e. The van der Waals surface area contributed by atoms with Gasteiger partial charge in [0.05, 0.1) is 18.6 Å². The van der Waals surface area contributed by atoms with E-state index in [1.54, 1.807) is 5.57 Å². The van der Waals surface area contributed by atoms with Gasteiger partial charge in [-0.1, -0.05) is 74.0 Å². The number of hydrogen-bond donors (Lipinski definition) is 2. The molecule has 0 aromatic heterocycles. The molecule has 4 saturated carbocycles. The van der Waals surface area contributed by atoms with Gasteiger partial charge in [0, 0.05) is 0 Å². The lowest BCUT2D eigenvalue weighted by Crippen LogP contribution is -2.66. The summed E-state index contributed by atoms with van der Waals surface area (Å²) in [5, 5.41) is 14.2. The number of carbonyl (C=O) groups excluding carboxylic acids is 2. The smallest absolute Gasteiger partial charge is 0.328 e. The van der Waals surface area contributed by atoms with Crippen LogP contribution in [0.15, 0.2) is 11.6 Å². The molecule has 2 N–H and O–H groups in total.